The predicted octanol–water partition coefficient (Wildman–Crippen LogP) is 4.14. The SMILES string of the molecule is Cc1cc(C)c(-c2ccc(C=O)o2)c(Br)c1. The van der Waals surface area contributed by atoms with Crippen LogP contribution in [-0.2, 0) is 0 Å². The van der Waals surface area contributed by atoms with Gasteiger partial charge in [-0.3, -0.25) is 4.79 Å². The lowest BCUT2D eigenvalue weighted by Gasteiger charge is -2.07. The van der Waals surface area contributed by atoms with E-state index in [4.69, 9.17) is 4.42 Å². The summed E-state index contributed by atoms with van der Waals surface area (Å²) >= 11 is 3.52. The van der Waals surface area contributed by atoms with E-state index in [0.717, 1.165) is 15.6 Å². The summed E-state index contributed by atoms with van der Waals surface area (Å²) in [6, 6.07) is 7.61. The van der Waals surface area contributed by atoms with Crippen molar-refractivity contribution < 1.29 is 9.21 Å². The molecule has 0 bridgehead atoms. The van der Waals surface area contributed by atoms with E-state index in [-0.39, 0.29) is 0 Å². The van der Waals surface area contributed by atoms with Crippen LogP contribution in [0.5, 0.6) is 0 Å². The van der Waals surface area contributed by atoms with Gasteiger partial charge in [-0.2, -0.15) is 0 Å². The number of halogens is 1. The Morgan fingerprint density at radius 2 is 2.00 bits per heavy atom. The van der Waals surface area contributed by atoms with Crippen molar-refractivity contribution in [1.82, 2.24) is 0 Å². The molecule has 16 heavy (non-hydrogen) atoms. The van der Waals surface area contributed by atoms with Gasteiger partial charge in [0, 0.05) is 10.0 Å². The molecule has 0 N–H and O–H groups in total. The number of aryl methyl sites for hydroxylation is 2. The first-order valence-corrected chi connectivity index (χ1v) is 5.73. The molecule has 1 heterocycles. The Labute approximate surface area is 102 Å². The fourth-order valence-electron chi connectivity index (χ4n) is 1.78. The Bertz CT molecular complexity index is 518. The Morgan fingerprint density at radius 3 is 2.56 bits per heavy atom. The standard InChI is InChI=1S/C13H11BrO2/c1-8-5-9(2)13(11(14)6-8)12-4-3-10(7-15)16-12/h3-7H,1-2H3. The molecule has 0 aliphatic heterocycles. The summed E-state index contributed by atoms with van der Waals surface area (Å²) in [7, 11) is 0. The van der Waals surface area contributed by atoms with Crippen molar-refractivity contribution >= 4 is 22.2 Å². The minimum Gasteiger partial charge on any atom is -0.453 e. The lowest BCUT2D eigenvalue weighted by atomic mass is 10.0. The molecule has 0 atom stereocenters. The number of benzene rings is 1. The van der Waals surface area contributed by atoms with E-state index in [1.54, 1.807) is 6.07 Å². The average molecular weight is 279 g/mol. The summed E-state index contributed by atoms with van der Waals surface area (Å²) in [6.45, 7) is 4.07. The van der Waals surface area contributed by atoms with Crippen molar-refractivity contribution in [1.29, 1.82) is 0 Å². The highest BCUT2D eigenvalue weighted by Crippen LogP contribution is 2.33. The van der Waals surface area contributed by atoms with Gasteiger partial charge in [0.25, 0.3) is 0 Å². The number of hydrogen-bond donors (Lipinski definition) is 0. The quantitative estimate of drug-likeness (QED) is 0.773. The van der Waals surface area contributed by atoms with Gasteiger partial charge in [0.05, 0.1) is 0 Å². The van der Waals surface area contributed by atoms with Crippen molar-refractivity contribution in [2.45, 2.75) is 13.8 Å². The molecule has 1 aromatic carbocycles. The van der Waals surface area contributed by atoms with Crippen LogP contribution >= 0.6 is 15.9 Å². The molecular formula is C13H11BrO2. The van der Waals surface area contributed by atoms with E-state index >= 15 is 0 Å². The monoisotopic (exact) mass is 278 g/mol. The van der Waals surface area contributed by atoms with Crippen LogP contribution in [0.2, 0.25) is 0 Å². The highest BCUT2D eigenvalue weighted by Gasteiger charge is 2.11. The second-order valence-electron chi connectivity index (χ2n) is 3.76. The van der Waals surface area contributed by atoms with Gasteiger partial charge in [0.15, 0.2) is 12.0 Å². The van der Waals surface area contributed by atoms with E-state index in [9.17, 15) is 4.79 Å². The minimum atomic E-state index is 0.349. The van der Waals surface area contributed by atoms with Gasteiger partial charge < -0.3 is 4.42 Å². The molecular weight excluding hydrogens is 268 g/mol. The van der Waals surface area contributed by atoms with Crippen LogP contribution in [0.25, 0.3) is 11.3 Å². The maximum Gasteiger partial charge on any atom is 0.185 e. The molecule has 0 saturated carbocycles. The van der Waals surface area contributed by atoms with Crippen LogP contribution in [0.4, 0.5) is 0 Å². The van der Waals surface area contributed by atoms with Gasteiger partial charge in [-0.05, 0) is 43.2 Å². The topological polar surface area (TPSA) is 30.2 Å². The number of hydrogen-bond acceptors (Lipinski definition) is 2. The van der Waals surface area contributed by atoms with Crippen LogP contribution in [0, 0.1) is 13.8 Å². The van der Waals surface area contributed by atoms with Crippen molar-refractivity contribution in [3.8, 4) is 11.3 Å². The Balaban J connectivity index is 2.59. The minimum absolute atomic E-state index is 0.349. The van der Waals surface area contributed by atoms with Crippen LogP contribution < -0.4 is 0 Å². The molecule has 2 rings (SSSR count). The van der Waals surface area contributed by atoms with Gasteiger partial charge >= 0.3 is 0 Å². The average Bonchev–Trinajstić information content (AvgIpc) is 2.64. The maximum absolute atomic E-state index is 10.6. The van der Waals surface area contributed by atoms with Crippen molar-refractivity contribution in [3.05, 3.63) is 45.6 Å². The van der Waals surface area contributed by atoms with Crippen molar-refractivity contribution in [2.75, 3.05) is 0 Å². The zero-order chi connectivity index (χ0) is 11.7. The summed E-state index contributed by atoms with van der Waals surface area (Å²) in [5.41, 5.74) is 3.31. The summed E-state index contributed by atoms with van der Waals surface area (Å²) in [5.74, 6) is 1.06. The maximum atomic E-state index is 10.6. The molecule has 2 nitrogen and oxygen atoms in total. The largest absolute Gasteiger partial charge is 0.453 e. The molecule has 0 fully saturated rings. The number of furan rings is 1. The van der Waals surface area contributed by atoms with Gasteiger partial charge in [-0.15, -0.1) is 0 Å². The highest BCUT2D eigenvalue weighted by atomic mass is 79.9. The van der Waals surface area contributed by atoms with E-state index in [1.807, 2.05) is 26.0 Å². The lowest BCUT2D eigenvalue weighted by molar-refractivity contribution is 0.110. The molecule has 3 heteroatoms. The summed E-state index contributed by atoms with van der Waals surface area (Å²) in [4.78, 5) is 10.6. The second-order valence-corrected chi connectivity index (χ2v) is 4.61. The summed E-state index contributed by atoms with van der Waals surface area (Å²) in [5, 5.41) is 0. The molecule has 0 aliphatic rings. The molecule has 1 aromatic heterocycles. The zero-order valence-corrected chi connectivity index (χ0v) is 10.7. The van der Waals surface area contributed by atoms with Gasteiger partial charge in [0.2, 0.25) is 0 Å². The van der Waals surface area contributed by atoms with E-state index < -0.39 is 0 Å². The van der Waals surface area contributed by atoms with Gasteiger partial charge in [-0.1, -0.05) is 22.0 Å². The Morgan fingerprint density at radius 1 is 1.25 bits per heavy atom. The molecule has 0 amide bonds. The molecule has 0 aliphatic carbocycles. The van der Waals surface area contributed by atoms with E-state index in [1.165, 1.54) is 5.56 Å². The molecule has 0 saturated heterocycles. The summed E-state index contributed by atoms with van der Waals surface area (Å²) in [6.07, 6.45) is 0.709. The fourth-order valence-corrected chi connectivity index (χ4v) is 2.65. The van der Waals surface area contributed by atoms with E-state index in [0.29, 0.717) is 17.8 Å². The molecule has 0 spiro atoms. The smallest absolute Gasteiger partial charge is 0.185 e. The Kier molecular flexibility index (Phi) is 2.97. The molecule has 0 radical (unpaired) electrons. The van der Waals surface area contributed by atoms with Gasteiger partial charge in [-0.25, -0.2) is 0 Å². The third kappa shape index (κ3) is 1.95. The highest BCUT2D eigenvalue weighted by molar-refractivity contribution is 9.10. The predicted molar refractivity (Wildman–Crippen MR) is 66.7 cm³/mol. The number of aldehydes is 1. The van der Waals surface area contributed by atoms with E-state index in [2.05, 4.69) is 22.0 Å². The lowest BCUT2D eigenvalue weighted by Crippen LogP contribution is -1.85. The third-order valence-electron chi connectivity index (χ3n) is 2.42. The van der Waals surface area contributed by atoms with Crippen LogP contribution in [0.15, 0.2) is 33.2 Å². The molecule has 0 unspecified atom stereocenters. The molecule has 82 valence electrons. The number of rotatable bonds is 2. The first-order chi connectivity index (χ1) is 7.61. The van der Waals surface area contributed by atoms with Gasteiger partial charge in [0.1, 0.15) is 5.76 Å². The van der Waals surface area contributed by atoms with Crippen LogP contribution in [0.1, 0.15) is 21.7 Å². The normalized spacial score (nSPS) is 10.4. The second kappa shape index (κ2) is 4.26. The van der Waals surface area contributed by atoms with Crippen LogP contribution in [-0.4, -0.2) is 6.29 Å². The van der Waals surface area contributed by atoms with Crippen LogP contribution in [0.3, 0.4) is 0 Å². The third-order valence-corrected chi connectivity index (χ3v) is 3.05. The summed E-state index contributed by atoms with van der Waals surface area (Å²) < 4.78 is 6.41. The number of carbonyl (C=O) groups excluding carboxylic acids is 1. The Hall–Kier alpha value is -1.35. The fraction of sp³-hybridized carbons (Fsp3) is 0.154. The number of carbonyl (C=O) groups is 1. The first-order valence-electron chi connectivity index (χ1n) is 4.94. The molecule has 2 aromatic rings. The first kappa shape index (κ1) is 11.1. The van der Waals surface area contributed by atoms with Crippen molar-refractivity contribution in [2.24, 2.45) is 0 Å². The zero-order valence-electron chi connectivity index (χ0n) is 9.08. The van der Waals surface area contributed by atoms with Crippen molar-refractivity contribution in [3.63, 3.8) is 0 Å².